The molecule has 28 heavy (non-hydrogen) atoms. The van der Waals surface area contributed by atoms with Crippen molar-refractivity contribution < 1.29 is 9.59 Å². The summed E-state index contributed by atoms with van der Waals surface area (Å²) in [5, 5.41) is 6.35. The van der Waals surface area contributed by atoms with Gasteiger partial charge in [0.25, 0.3) is 5.91 Å². The van der Waals surface area contributed by atoms with Crippen LogP contribution in [0.25, 0.3) is 0 Å². The van der Waals surface area contributed by atoms with Crippen molar-refractivity contribution in [3.8, 4) is 0 Å². The number of imidazole rings is 1. The third kappa shape index (κ3) is 4.25. The number of aromatic nitrogens is 2. The molecule has 2 N–H and O–H groups in total. The van der Waals surface area contributed by atoms with Gasteiger partial charge in [-0.1, -0.05) is 6.07 Å². The maximum Gasteiger partial charge on any atom is 0.253 e. The lowest BCUT2D eigenvalue weighted by Crippen LogP contribution is -2.44. The molecule has 7 nitrogen and oxygen atoms in total. The van der Waals surface area contributed by atoms with E-state index in [-0.39, 0.29) is 11.8 Å². The van der Waals surface area contributed by atoms with Gasteiger partial charge in [0.05, 0.1) is 6.33 Å². The lowest BCUT2D eigenvalue weighted by Gasteiger charge is -2.39. The largest absolute Gasteiger partial charge is 0.339 e. The first-order valence-electron chi connectivity index (χ1n) is 9.99. The van der Waals surface area contributed by atoms with Crippen LogP contribution in [0.4, 0.5) is 5.69 Å². The Morgan fingerprint density at radius 3 is 2.79 bits per heavy atom. The molecule has 1 aromatic carbocycles. The van der Waals surface area contributed by atoms with E-state index in [2.05, 4.69) is 15.6 Å². The summed E-state index contributed by atoms with van der Waals surface area (Å²) < 4.78 is 1.86. The predicted octanol–water partition coefficient (Wildman–Crippen LogP) is 2.13. The molecule has 1 aromatic heterocycles. The maximum absolute atomic E-state index is 12.9. The zero-order valence-electron chi connectivity index (χ0n) is 16.1. The Morgan fingerprint density at radius 1 is 1.21 bits per heavy atom. The molecular weight excluding hydrogens is 354 g/mol. The van der Waals surface area contributed by atoms with E-state index in [9.17, 15) is 9.59 Å². The minimum Gasteiger partial charge on any atom is -0.339 e. The fraction of sp³-hybridized carbons (Fsp3) is 0.476. The maximum atomic E-state index is 12.9. The van der Waals surface area contributed by atoms with Crippen LogP contribution in [0.15, 0.2) is 43.0 Å². The van der Waals surface area contributed by atoms with Crippen LogP contribution in [0.1, 0.15) is 36.0 Å². The number of carbonyl (C=O) groups is 2. The molecule has 2 aromatic rings. The van der Waals surface area contributed by atoms with Gasteiger partial charge >= 0.3 is 0 Å². The van der Waals surface area contributed by atoms with Crippen LogP contribution in [0.3, 0.4) is 0 Å². The highest BCUT2D eigenvalue weighted by Crippen LogP contribution is 2.37. The molecule has 2 aliphatic heterocycles. The lowest BCUT2D eigenvalue weighted by atomic mass is 9.78. The van der Waals surface area contributed by atoms with Gasteiger partial charge in [-0.15, -0.1) is 0 Å². The molecule has 2 amide bonds. The Hall–Kier alpha value is -2.67. The average molecular weight is 381 g/mol. The van der Waals surface area contributed by atoms with Crippen LogP contribution >= 0.6 is 0 Å². The molecule has 2 aliphatic rings. The zero-order chi connectivity index (χ0) is 19.4. The van der Waals surface area contributed by atoms with E-state index in [0.717, 1.165) is 39.0 Å². The number of hydrogen-bond acceptors (Lipinski definition) is 4. The number of piperidine rings is 1. The average Bonchev–Trinajstić information content (AvgIpc) is 3.39. The second-order valence-corrected chi connectivity index (χ2v) is 7.90. The molecule has 4 rings (SSSR count). The van der Waals surface area contributed by atoms with Gasteiger partial charge in [-0.3, -0.25) is 9.59 Å². The number of anilines is 1. The van der Waals surface area contributed by atoms with Gasteiger partial charge in [0, 0.05) is 56.2 Å². The molecule has 0 unspecified atom stereocenters. The normalized spacial score (nSPS) is 18.4. The lowest BCUT2D eigenvalue weighted by molar-refractivity contribution is -0.116. The third-order valence-electron chi connectivity index (χ3n) is 5.99. The third-order valence-corrected chi connectivity index (χ3v) is 5.99. The Labute approximate surface area is 165 Å². The van der Waals surface area contributed by atoms with Crippen molar-refractivity contribution >= 4 is 17.5 Å². The van der Waals surface area contributed by atoms with Gasteiger partial charge in [-0.2, -0.15) is 0 Å². The number of nitrogens with one attached hydrogen (secondary N) is 2. The van der Waals surface area contributed by atoms with Crippen LogP contribution in [0.5, 0.6) is 0 Å². The van der Waals surface area contributed by atoms with Gasteiger partial charge in [0.15, 0.2) is 0 Å². The molecule has 0 aliphatic carbocycles. The van der Waals surface area contributed by atoms with Gasteiger partial charge < -0.3 is 20.1 Å². The van der Waals surface area contributed by atoms with Crippen LogP contribution < -0.4 is 10.6 Å². The highest BCUT2D eigenvalue weighted by atomic mass is 16.2. The predicted molar refractivity (Wildman–Crippen MR) is 107 cm³/mol. The molecule has 2 saturated heterocycles. The second-order valence-electron chi connectivity index (χ2n) is 7.90. The molecule has 2 fully saturated rings. The first kappa shape index (κ1) is 18.7. The zero-order valence-corrected chi connectivity index (χ0v) is 16.1. The Kier molecular flexibility index (Phi) is 5.43. The molecule has 7 heteroatoms. The van der Waals surface area contributed by atoms with E-state index in [1.165, 1.54) is 6.42 Å². The summed E-state index contributed by atoms with van der Waals surface area (Å²) in [5.41, 5.74) is 1.69. The standard InChI is InChI=1S/C21H27N5O2/c27-19(4-10-25-13-9-23-16-25)24-18-3-1-2-17(14-18)20(28)26-11-6-21(7-12-26)5-8-22-15-21/h1-3,9,13-14,16,22H,4-8,10-12,15H2,(H,24,27). The molecule has 1 spiro atoms. The molecule has 0 saturated carbocycles. The summed E-state index contributed by atoms with van der Waals surface area (Å²) in [5.74, 6) is -0.0257. The van der Waals surface area contributed by atoms with Crippen LogP contribution in [-0.4, -0.2) is 52.4 Å². The first-order valence-corrected chi connectivity index (χ1v) is 9.99. The smallest absolute Gasteiger partial charge is 0.253 e. The number of aryl methyl sites for hydroxylation is 1. The molecule has 0 radical (unpaired) electrons. The van der Waals surface area contributed by atoms with Gasteiger partial charge in [-0.05, 0) is 49.4 Å². The molecule has 3 heterocycles. The Bertz CT molecular complexity index is 817. The van der Waals surface area contributed by atoms with Crippen molar-refractivity contribution in [1.29, 1.82) is 0 Å². The topological polar surface area (TPSA) is 79.3 Å². The minimum absolute atomic E-state index is 0.0512. The van der Waals surface area contributed by atoms with E-state index in [4.69, 9.17) is 0 Å². The highest BCUT2D eigenvalue weighted by molar-refractivity contribution is 5.97. The summed E-state index contributed by atoms with van der Waals surface area (Å²) >= 11 is 0. The van der Waals surface area contributed by atoms with Crippen molar-refractivity contribution in [1.82, 2.24) is 19.8 Å². The fourth-order valence-corrected chi connectivity index (χ4v) is 4.19. The summed E-state index contributed by atoms with van der Waals surface area (Å²) in [6.07, 6.45) is 8.92. The number of carbonyl (C=O) groups excluding carboxylic acids is 2. The number of nitrogens with zero attached hydrogens (tertiary/aromatic N) is 3. The van der Waals surface area contributed by atoms with E-state index < -0.39 is 0 Å². The summed E-state index contributed by atoms with van der Waals surface area (Å²) in [6, 6.07) is 7.25. The molecular formula is C21H27N5O2. The van der Waals surface area contributed by atoms with E-state index in [1.54, 1.807) is 18.6 Å². The van der Waals surface area contributed by atoms with Crippen molar-refractivity contribution in [3.63, 3.8) is 0 Å². The highest BCUT2D eigenvalue weighted by Gasteiger charge is 2.38. The van der Waals surface area contributed by atoms with Crippen LogP contribution in [0, 0.1) is 5.41 Å². The summed E-state index contributed by atoms with van der Waals surface area (Å²) in [6.45, 7) is 4.37. The molecule has 148 valence electrons. The number of amides is 2. The fourth-order valence-electron chi connectivity index (χ4n) is 4.19. The first-order chi connectivity index (χ1) is 13.6. The van der Waals surface area contributed by atoms with Crippen molar-refractivity contribution in [2.45, 2.75) is 32.2 Å². The number of benzene rings is 1. The summed E-state index contributed by atoms with van der Waals surface area (Å²) in [7, 11) is 0. The van der Waals surface area contributed by atoms with Crippen molar-refractivity contribution in [2.75, 3.05) is 31.5 Å². The molecule has 0 atom stereocenters. The van der Waals surface area contributed by atoms with E-state index in [1.807, 2.05) is 33.9 Å². The van der Waals surface area contributed by atoms with Crippen LogP contribution in [0.2, 0.25) is 0 Å². The SMILES string of the molecule is O=C(CCn1ccnc1)Nc1cccc(C(=O)N2CCC3(CCNC3)CC2)c1. The van der Waals surface area contributed by atoms with Gasteiger partial charge in [0.1, 0.15) is 0 Å². The Balaban J connectivity index is 1.32. The second kappa shape index (κ2) is 8.14. The minimum atomic E-state index is -0.0769. The van der Waals surface area contributed by atoms with Crippen molar-refractivity contribution in [3.05, 3.63) is 48.5 Å². The van der Waals surface area contributed by atoms with Gasteiger partial charge in [0.2, 0.25) is 5.91 Å². The Morgan fingerprint density at radius 2 is 2.07 bits per heavy atom. The van der Waals surface area contributed by atoms with Gasteiger partial charge in [-0.25, -0.2) is 4.98 Å². The summed E-state index contributed by atoms with van der Waals surface area (Å²) in [4.78, 5) is 31.0. The van der Waals surface area contributed by atoms with Crippen LogP contribution in [-0.2, 0) is 11.3 Å². The van der Waals surface area contributed by atoms with E-state index in [0.29, 0.717) is 29.6 Å². The van der Waals surface area contributed by atoms with Crippen molar-refractivity contribution in [2.24, 2.45) is 5.41 Å². The quantitative estimate of drug-likeness (QED) is 0.832. The van der Waals surface area contributed by atoms with E-state index >= 15 is 0 Å². The molecule has 0 bridgehead atoms. The number of hydrogen-bond donors (Lipinski definition) is 2. The number of likely N-dealkylation sites (tertiary alicyclic amines) is 1. The number of rotatable bonds is 5. The monoisotopic (exact) mass is 381 g/mol.